The molecule has 0 aliphatic carbocycles. The molecule has 0 aliphatic rings. The molecule has 10 heteroatoms. The number of carbonyl (C=O) groups is 2. The van der Waals surface area contributed by atoms with Crippen LogP contribution in [0.3, 0.4) is 0 Å². The third-order valence-corrected chi connectivity index (χ3v) is 3.45. The number of pyridine rings is 1. The second-order valence-electron chi connectivity index (χ2n) is 5.38. The van der Waals surface area contributed by atoms with Crippen molar-refractivity contribution in [2.45, 2.75) is 19.0 Å². The molecular formula is C16H17N5O5. The van der Waals surface area contributed by atoms with E-state index in [1.54, 1.807) is 24.4 Å². The molecule has 10 nitrogen and oxygen atoms in total. The largest absolute Gasteiger partial charge is 0.480 e. The van der Waals surface area contributed by atoms with Gasteiger partial charge in [-0.25, -0.2) is 0 Å². The monoisotopic (exact) mass is 359 g/mol. The SMILES string of the molecule is Nc1ccc(NC(=O)CC(NCc2ccccn2)C(=O)O)cc1[N+](=O)[O-]. The number of anilines is 2. The van der Waals surface area contributed by atoms with Gasteiger partial charge in [-0.15, -0.1) is 0 Å². The van der Waals surface area contributed by atoms with E-state index in [0.29, 0.717) is 5.69 Å². The molecule has 1 atom stereocenters. The number of nitro benzene ring substituents is 1. The zero-order valence-corrected chi connectivity index (χ0v) is 13.6. The summed E-state index contributed by atoms with van der Waals surface area (Å²) in [6, 6.07) is 7.89. The number of carbonyl (C=O) groups excluding carboxylic acids is 1. The molecule has 1 aromatic carbocycles. The maximum atomic E-state index is 12.1. The van der Waals surface area contributed by atoms with Crippen molar-refractivity contribution >= 4 is 28.9 Å². The highest BCUT2D eigenvalue weighted by Gasteiger charge is 2.21. The predicted octanol–water partition coefficient (Wildman–Crippen LogP) is 1.14. The summed E-state index contributed by atoms with van der Waals surface area (Å²) in [6.45, 7) is 0.179. The molecule has 2 rings (SSSR count). The highest BCUT2D eigenvalue weighted by molar-refractivity contribution is 5.94. The molecule has 5 N–H and O–H groups in total. The molecule has 0 spiro atoms. The molecule has 0 radical (unpaired) electrons. The number of hydrogen-bond acceptors (Lipinski definition) is 7. The van der Waals surface area contributed by atoms with Crippen molar-refractivity contribution in [2.75, 3.05) is 11.1 Å². The minimum atomic E-state index is -1.20. The number of amides is 1. The molecule has 0 saturated heterocycles. The van der Waals surface area contributed by atoms with Crippen LogP contribution in [0.5, 0.6) is 0 Å². The predicted molar refractivity (Wildman–Crippen MR) is 93.3 cm³/mol. The van der Waals surface area contributed by atoms with Crippen LogP contribution in [0, 0.1) is 10.1 Å². The topological polar surface area (TPSA) is 160 Å². The van der Waals surface area contributed by atoms with Crippen LogP contribution in [0.1, 0.15) is 12.1 Å². The second-order valence-corrected chi connectivity index (χ2v) is 5.38. The lowest BCUT2D eigenvalue weighted by Gasteiger charge is -2.14. The number of aromatic nitrogens is 1. The number of benzene rings is 1. The van der Waals surface area contributed by atoms with Crippen molar-refractivity contribution in [3.63, 3.8) is 0 Å². The molecule has 1 aromatic heterocycles. The lowest BCUT2D eigenvalue weighted by Crippen LogP contribution is -2.39. The van der Waals surface area contributed by atoms with Crippen LogP contribution < -0.4 is 16.4 Å². The normalized spacial score (nSPS) is 11.5. The fraction of sp³-hybridized carbons (Fsp3) is 0.188. The summed E-state index contributed by atoms with van der Waals surface area (Å²) in [5.41, 5.74) is 5.90. The van der Waals surface area contributed by atoms with Gasteiger partial charge in [0.2, 0.25) is 5.91 Å². The quantitative estimate of drug-likeness (QED) is 0.310. The second kappa shape index (κ2) is 8.53. The summed E-state index contributed by atoms with van der Waals surface area (Å²) in [5, 5.41) is 25.3. The van der Waals surface area contributed by atoms with Gasteiger partial charge in [0, 0.05) is 24.5 Å². The van der Waals surface area contributed by atoms with E-state index in [1.165, 1.54) is 12.1 Å². The summed E-state index contributed by atoms with van der Waals surface area (Å²) < 4.78 is 0. The first-order valence-electron chi connectivity index (χ1n) is 7.56. The van der Waals surface area contributed by atoms with Crippen molar-refractivity contribution in [2.24, 2.45) is 0 Å². The third kappa shape index (κ3) is 5.24. The van der Waals surface area contributed by atoms with Gasteiger partial charge in [-0.05, 0) is 24.3 Å². The average molecular weight is 359 g/mol. The van der Waals surface area contributed by atoms with Crippen LogP contribution >= 0.6 is 0 Å². The number of rotatable bonds is 8. The first-order chi connectivity index (χ1) is 12.4. The maximum Gasteiger partial charge on any atom is 0.321 e. The number of carboxylic acids is 1. The Morgan fingerprint density at radius 2 is 2.08 bits per heavy atom. The molecule has 136 valence electrons. The summed E-state index contributed by atoms with van der Waals surface area (Å²) in [6.07, 6.45) is 1.22. The van der Waals surface area contributed by atoms with Gasteiger partial charge < -0.3 is 16.2 Å². The molecule has 0 aliphatic heterocycles. The fourth-order valence-corrected chi connectivity index (χ4v) is 2.15. The Labute approximate surface area is 148 Å². The molecule has 1 unspecified atom stereocenters. The number of carboxylic acid groups (broad SMARTS) is 1. The molecule has 0 bridgehead atoms. The van der Waals surface area contributed by atoms with Crippen LogP contribution in [0.2, 0.25) is 0 Å². The van der Waals surface area contributed by atoms with Gasteiger partial charge in [0.15, 0.2) is 0 Å². The van der Waals surface area contributed by atoms with Gasteiger partial charge in [-0.3, -0.25) is 30.0 Å². The van der Waals surface area contributed by atoms with Gasteiger partial charge in [0.05, 0.1) is 17.0 Å². The number of hydrogen-bond donors (Lipinski definition) is 4. The highest BCUT2D eigenvalue weighted by atomic mass is 16.6. The van der Waals surface area contributed by atoms with E-state index >= 15 is 0 Å². The number of aliphatic carboxylic acids is 1. The number of nitrogens with one attached hydrogen (secondary N) is 2. The summed E-state index contributed by atoms with van der Waals surface area (Å²) >= 11 is 0. The Kier molecular flexibility index (Phi) is 6.17. The van der Waals surface area contributed by atoms with Crippen molar-refractivity contribution in [3.8, 4) is 0 Å². The maximum absolute atomic E-state index is 12.1. The smallest absolute Gasteiger partial charge is 0.321 e. The van der Waals surface area contributed by atoms with Gasteiger partial charge in [0.25, 0.3) is 5.69 Å². The van der Waals surface area contributed by atoms with E-state index in [1.807, 2.05) is 0 Å². The zero-order chi connectivity index (χ0) is 19.1. The van der Waals surface area contributed by atoms with Crippen molar-refractivity contribution in [1.29, 1.82) is 0 Å². The molecule has 1 heterocycles. The summed E-state index contributed by atoms with van der Waals surface area (Å²) in [4.78, 5) is 37.7. The van der Waals surface area contributed by atoms with Crippen molar-refractivity contribution < 1.29 is 19.6 Å². The number of nitrogens with zero attached hydrogens (tertiary/aromatic N) is 2. The minimum Gasteiger partial charge on any atom is -0.480 e. The molecule has 0 saturated carbocycles. The van der Waals surface area contributed by atoms with Crippen molar-refractivity contribution in [3.05, 3.63) is 58.4 Å². The Bertz CT molecular complexity index is 812. The van der Waals surface area contributed by atoms with Crippen LogP contribution in [-0.2, 0) is 16.1 Å². The van der Waals surface area contributed by atoms with Crippen LogP contribution in [0.4, 0.5) is 17.1 Å². The van der Waals surface area contributed by atoms with E-state index in [9.17, 15) is 24.8 Å². The average Bonchev–Trinajstić information content (AvgIpc) is 2.60. The van der Waals surface area contributed by atoms with E-state index < -0.39 is 22.8 Å². The van der Waals surface area contributed by atoms with Gasteiger partial charge in [0.1, 0.15) is 11.7 Å². The van der Waals surface area contributed by atoms with Gasteiger partial charge in [-0.2, -0.15) is 0 Å². The molecule has 1 amide bonds. The summed E-state index contributed by atoms with van der Waals surface area (Å²) in [7, 11) is 0. The highest BCUT2D eigenvalue weighted by Crippen LogP contribution is 2.25. The zero-order valence-electron chi connectivity index (χ0n) is 13.6. The van der Waals surface area contributed by atoms with Crippen molar-refractivity contribution in [1.82, 2.24) is 10.3 Å². The number of nitro groups is 1. The fourth-order valence-electron chi connectivity index (χ4n) is 2.15. The van der Waals surface area contributed by atoms with Crippen LogP contribution in [0.25, 0.3) is 0 Å². The van der Waals surface area contributed by atoms with E-state index in [0.717, 1.165) is 6.07 Å². The number of nitrogen functional groups attached to an aromatic ring is 1. The Morgan fingerprint density at radius 1 is 1.31 bits per heavy atom. The van der Waals surface area contributed by atoms with Crippen LogP contribution in [0.15, 0.2) is 42.6 Å². The van der Waals surface area contributed by atoms with Gasteiger partial charge in [-0.1, -0.05) is 6.07 Å². The molecule has 2 aromatic rings. The minimum absolute atomic E-state index is 0.0339. The molecule has 0 fully saturated rings. The first kappa shape index (κ1) is 18.8. The van der Waals surface area contributed by atoms with E-state index in [4.69, 9.17) is 5.73 Å². The molecule has 26 heavy (non-hydrogen) atoms. The van der Waals surface area contributed by atoms with E-state index in [2.05, 4.69) is 15.6 Å². The lowest BCUT2D eigenvalue weighted by atomic mass is 10.1. The third-order valence-electron chi connectivity index (χ3n) is 3.45. The standard InChI is InChI=1S/C16H17N5O5/c17-12-5-4-10(7-14(12)21(25)26)20-15(22)8-13(16(23)24)19-9-11-3-1-2-6-18-11/h1-7,13,19H,8-9,17H2,(H,20,22)(H,23,24). The first-order valence-corrected chi connectivity index (χ1v) is 7.56. The molecular weight excluding hydrogens is 342 g/mol. The Balaban J connectivity index is 1.98. The Morgan fingerprint density at radius 3 is 2.69 bits per heavy atom. The lowest BCUT2D eigenvalue weighted by molar-refractivity contribution is -0.383. The Hall–Kier alpha value is -3.53. The number of nitrogens with two attached hydrogens (primary N) is 1. The summed E-state index contributed by atoms with van der Waals surface area (Å²) in [5.74, 6) is -1.80. The van der Waals surface area contributed by atoms with Gasteiger partial charge >= 0.3 is 5.97 Å². The van der Waals surface area contributed by atoms with E-state index in [-0.39, 0.29) is 30.0 Å². The van der Waals surface area contributed by atoms with Crippen LogP contribution in [-0.4, -0.2) is 32.9 Å².